The van der Waals surface area contributed by atoms with E-state index >= 15 is 0 Å². The molecule has 0 saturated carbocycles. The van der Waals surface area contributed by atoms with Crippen LogP contribution in [0.25, 0.3) is 20.5 Å². The first-order valence-electron chi connectivity index (χ1n) is 6.52. The van der Waals surface area contributed by atoms with Crippen molar-refractivity contribution in [3.8, 4) is 10.4 Å². The second-order valence-electron chi connectivity index (χ2n) is 4.45. The van der Waals surface area contributed by atoms with Crippen molar-refractivity contribution >= 4 is 38.7 Å². The summed E-state index contributed by atoms with van der Waals surface area (Å²) in [7, 11) is 0. The van der Waals surface area contributed by atoms with E-state index in [0.29, 0.717) is 12.2 Å². The maximum absolute atomic E-state index is 12.4. The number of thiophene rings is 2. The zero-order valence-electron chi connectivity index (χ0n) is 11.1. The molecule has 0 aliphatic heterocycles. The van der Waals surface area contributed by atoms with E-state index < -0.39 is 0 Å². The standard InChI is InChI=1S/C16H14O2S2/c1-2-8-18-16(17)14-12-5-3-4-6-13(12)20-15(14)11-7-9-19-10-11/h3-7,9-10H,2,8H2,1H3. The first-order valence-corrected chi connectivity index (χ1v) is 8.28. The zero-order valence-corrected chi connectivity index (χ0v) is 12.7. The Morgan fingerprint density at radius 3 is 2.85 bits per heavy atom. The molecule has 0 bridgehead atoms. The number of rotatable bonds is 4. The Labute approximate surface area is 125 Å². The number of fused-ring (bicyclic) bond motifs is 1. The third-order valence-corrected chi connectivity index (χ3v) is 4.92. The fourth-order valence-electron chi connectivity index (χ4n) is 2.11. The van der Waals surface area contributed by atoms with E-state index in [1.54, 1.807) is 22.7 Å². The van der Waals surface area contributed by atoms with E-state index in [1.807, 2.05) is 42.6 Å². The molecule has 0 atom stereocenters. The number of carbonyl (C=O) groups is 1. The van der Waals surface area contributed by atoms with Crippen molar-refractivity contribution < 1.29 is 9.53 Å². The minimum absolute atomic E-state index is 0.217. The van der Waals surface area contributed by atoms with Crippen LogP contribution in [0.1, 0.15) is 23.7 Å². The van der Waals surface area contributed by atoms with Crippen LogP contribution in [-0.4, -0.2) is 12.6 Å². The first kappa shape index (κ1) is 13.3. The third kappa shape index (κ3) is 2.37. The number of carbonyl (C=O) groups excluding carboxylic acids is 1. The lowest BCUT2D eigenvalue weighted by Gasteiger charge is -2.04. The van der Waals surface area contributed by atoms with Crippen LogP contribution < -0.4 is 0 Å². The number of benzene rings is 1. The second-order valence-corrected chi connectivity index (χ2v) is 6.28. The van der Waals surface area contributed by atoms with Crippen LogP contribution in [0.4, 0.5) is 0 Å². The van der Waals surface area contributed by atoms with Gasteiger partial charge in [0.25, 0.3) is 0 Å². The summed E-state index contributed by atoms with van der Waals surface area (Å²) in [5.41, 5.74) is 1.80. The minimum Gasteiger partial charge on any atom is -0.462 e. The highest BCUT2D eigenvalue weighted by atomic mass is 32.1. The number of hydrogen-bond acceptors (Lipinski definition) is 4. The predicted molar refractivity (Wildman–Crippen MR) is 85.7 cm³/mol. The molecule has 0 N–H and O–H groups in total. The summed E-state index contributed by atoms with van der Waals surface area (Å²) in [6, 6.07) is 10.0. The first-order chi connectivity index (χ1) is 9.81. The summed E-state index contributed by atoms with van der Waals surface area (Å²) < 4.78 is 6.48. The van der Waals surface area contributed by atoms with Crippen molar-refractivity contribution in [1.82, 2.24) is 0 Å². The Morgan fingerprint density at radius 2 is 2.10 bits per heavy atom. The molecule has 0 fully saturated rings. The van der Waals surface area contributed by atoms with Gasteiger partial charge in [-0.2, -0.15) is 11.3 Å². The molecule has 2 aromatic heterocycles. The van der Waals surface area contributed by atoms with Gasteiger partial charge in [0.15, 0.2) is 0 Å². The fraction of sp³-hybridized carbons (Fsp3) is 0.188. The van der Waals surface area contributed by atoms with Gasteiger partial charge < -0.3 is 4.74 Å². The molecule has 0 saturated heterocycles. The molecule has 3 rings (SSSR count). The summed E-state index contributed by atoms with van der Waals surface area (Å²) >= 11 is 3.29. The summed E-state index contributed by atoms with van der Waals surface area (Å²) in [5, 5.41) is 5.09. The largest absolute Gasteiger partial charge is 0.462 e. The molecular weight excluding hydrogens is 288 g/mol. The zero-order chi connectivity index (χ0) is 13.9. The van der Waals surface area contributed by atoms with Crippen LogP contribution in [0.15, 0.2) is 41.1 Å². The van der Waals surface area contributed by atoms with Crippen LogP contribution in [0.3, 0.4) is 0 Å². The summed E-state index contributed by atoms with van der Waals surface area (Å²) in [5.74, 6) is -0.217. The Hall–Kier alpha value is -1.65. The topological polar surface area (TPSA) is 26.3 Å². The number of ether oxygens (including phenoxy) is 1. The van der Waals surface area contributed by atoms with Crippen molar-refractivity contribution in [2.24, 2.45) is 0 Å². The third-order valence-electron chi connectivity index (χ3n) is 3.02. The molecule has 0 aliphatic carbocycles. The average molecular weight is 302 g/mol. The average Bonchev–Trinajstić information content (AvgIpc) is 3.11. The van der Waals surface area contributed by atoms with Crippen LogP contribution in [0.5, 0.6) is 0 Å². The summed E-state index contributed by atoms with van der Waals surface area (Å²) in [6.45, 7) is 2.46. The van der Waals surface area contributed by atoms with Crippen molar-refractivity contribution in [1.29, 1.82) is 0 Å². The number of hydrogen-bond donors (Lipinski definition) is 0. The van der Waals surface area contributed by atoms with Gasteiger partial charge in [0.2, 0.25) is 0 Å². The van der Waals surface area contributed by atoms with E-state index in [2.05, 4.69) is 5.38 Å². The molecule has 0 spiro atoms. The van der Waals surface area contributed by atoms with E-state index in [-0.39, 0.29) is 5.97 Å². The fourth-order valence-corrected chi connectivity index (χ4v) is 4.02. The van der Waals surface area contributed by atoms with Gasteiger partial charge in [-0.3, -0.25) is 0 Å². The number of esters is 1. The van der Waals surface area contributed by atoms with E-state index in [4.69, 9.17) is 4.74 Å². The Morgan fingerprint density at radius 1 is 1.25 bits per heavy atom. The predicted octanol–water partition coefficient (Wildman–Crippen LogP) is 5.20. The lowest BCUT2D eigenvalue weighted by Crippen LogP contribution is -2.06. The molecule has 102 valence electrons. The van der Waals surface area contributed by atoms with Crippen LogP contribution in [0.2, 0.25) is 0 Å². The van der Waals surface area contributed by atoms with Gasteiger partial charge in [0.1, 0.15) is 0 Å². The van der Waals surface area contributed by atoms with Gasteiger partial charge in [-0.05, 0) is 29.3 Å². The maximum atomic E-state index is 12.4. The second kappa shape index (κ2) is 5.77. The summed E-state index contributed by atoms with van der Waals surface area (Å²) in [4.78, 5) is 13.4. The minimum atomic E-state index is -0.217. The van der Waals surface area contributed by atoms with Gasteiger partial charge in [-0.25, -0.2) is 4.79 Å². The van der Waals surface area contributed by atoms with Gasteiger partial charge >= 0.3 is 5.97 Å². The monoisotopic (exact) mass is 302 g/mol. The Kier molecular flexibility index (Phi) is 3.85. The molecule has 2 nitrogen and oxygen atoms in total. The Balaban J connectivity index is 2.16. The van der Waals surface area contributed by atoms with Gasteiger partial charge in [-0.1, -0.05) is 25.1 Å². The lowest BCUT2D eigenvalue weighted by atomic mass is 10.1. The Bertz CT molecular complexity index is 726. The van der Waals surface area contributed by atoms with Crippen molar-refractivity contribution in [2.75, 3.05) is 6.61 Å². The van der Waals surface area contributed by atoms with E-state index in [0.717, 1.165) is 26.9 Å². The highest BCUT2D eigenvalue weighted by Gasteiger charge is 2.21. The quantitative estimate of drug-likeness (QED) is 0.619. The SMILES string of the molecule is CCCOC(=O)c1c(-c2ccsc2)sc2ccccc12. The summed E-state index contributed by atoms with van der Waals surface area (Å²) in [6.07, 6.45) is 0.835. The maximum Gasteiger partial charge on any atom is 0.340 e. The normalized spacial score (nSPS) is 10.8. The molecular formula is C16H14O2S2. The van der Waals surface area contributed by atoms with Crippen molar-refractivity contribution in [3.63, 3.8) is 0 Å². The van der Waals surface area contributed by atoms with Gasteiger partial charge in [0.05, 0.1) is 17.0 Å². The van der Waals surface area contributed by atoms with Gasteiger partial charge in [-0.15, -0.1) is 11.3 Å². The van der Waals surface area contributed by atoms with Crippen LogP contribution in [0, 0.1) is 0 Å². The molecule has 20 heavy (non-hydrogen) atoms. The van der Waals surface area contributed by atoms with E-state index in [1.165, 1.54) is 0 Å². The highest BCUT2D eigenvalue weighted by molar-refractivity contribution is 7.23. The molecule has 0 radical (unpaired) electrons. The molecule has 0 aliphatic rings. The smallest absolute Gasteiger partial charge is 0.340 e. The van der Waals surface area contributed by atoms with Crippen molar-refractivity contribution in [3.05, 3.63) is 46.7 Å². The molecule has 1 aromatic carbocycles. The molecule has 0 amide bonds. The van der Waals surface area contributed by atoms with Crippen LogP contribution in [-0.2, 0) is 4.74 Å². The molecule has 0 unspecified atom stereocenters. The molecule has 2 heterocycles. The van der Waals surface area contributed by atoms with E-state index in [9.17, 15) is 4.79 Å². The molecule has 4 heteroatoms. The molecule has 3 aromatic rings. The highest BCUT2D eigenvalue weighted by Crippen LogP contribution is 2.39. The lowest BCUT2D eigenvalue weighted by molar-refractivity contribution is 0.0509. The van der Waals surface area contributed by atoms with Gasteiger partial charge in [0, 0.05) is 15.6 Å². The van der Waals surface area contributed by atoms with Crippen LogP contribution >= 0.6 is 22.7 Å². The van der Waals surface area contributed by atoms with Crippen molar-refractivity contribution in [2.45, 2.75) is 13.3 Å².